The number of halogens is 1. The van der Waals surface area contributed by atoms with Crippen LogP contribution in [0.5, 0.6) is 0 Å². The Labute approximate surface area is 133 Å². The van der Waals surface area contributed by atoms with Crippen LogP contribution in [-0.2, 0) is 11.8 Å². The van der Waals surface area contributed by atoms with E-state index in [1.165, 1.54) is 11.1 Å². The second kappa shape index (κ2) is 5.78. The number of rotatable bonds is 2. The number of hydrogen-bond acceptors (Lipinski definition) is 2. The lowest BCUT2D eigenvalue weighted by atomic mass is 9.92. The molecule has 0 radical (unpaired) electrons. The first kappa shape index (κ1) is 15.4. The maximum atomic E-state index is 5.36. The summed E-state index contributed by atoms with van der Waals surface area (Å²) in [6, 6.07) is 8.46. The quantitative estimate of drug-likeness (QED) is 0.763. The highest BCUT2D eigenvalue weighted by Crippen LogP contribution is 2.28. The summed E-state index contributed by atoms with van der Waals surface area (Å²) in [5.74, 6) is 0.911. The fraction of sp³-hybridized carbons (Fsp3) is 0.375. The van der Waals surface area contributed by atoms with Crippen LogP contribution < -0.4 is 0 Å². The van der Waals surface area contributed by atoms with Gasteiger partial charge in [-0.05, 0) is 28.4 Å². The lowest BCUT2D eigenvalue weighted by Gasteiger charge is -2.21. The molecule has 0 fully saturated rings. The van der Waals surface area contributed by atoms with Gasteiger partial charge in [-0.15, -0.1) is 0 Å². The van der Waals surface area contributed by atoms with Crippen LogP contribution in [0.25, 0.3) is 0 Å². The van der Waals surface area contributed by atoms with Gasteiger partial charge in [-0.2, -0.15) is 0 Å². The van der Waals surface area contributed by atoms with E-state index in [1.54, 1.807) is 0 Å². The molecule has 1 aromatic carbocycles. The third-order valence-electron chi connectivity index (χ3n) is 3.12. The van der Waals surface area contributed by atoms with Gasteiger partial charge in [0.05, 0.1) is 4.47 Å². The molecule has 0 spiro atoms. The number of benzene rings is 1. The highest BCUT2D eigenvalue weighted by atomic mass is 79.9. The molecule has 0 atom stereocenters. The Kier molecular flexibility index (Phi) is 4.45. The molecule has 0 saturated heterocycles. The summed E-state index contributed by atoms with van der Waals surface area (Å²) < 4.78 is 1.52. The molecule has 0 aliphatic heterocycles. The smallest absolute Gasteiger partial charge is 0.144 e. The van der Waals surface area contributed by atoms with E-state index >= 15 is 0 Å². The Hall–Kier alpha value is -1.00. The number of aromatic amines is 1. The van der Waals surface area contributed by atoms with Crippen molar-refractivity contribution in [2.45, 2.75) is 39.5 Å². The van der Waals surface area contributed by atoms with Gasteiger partial charge in [0.1, 0.15) is 10.5 Å². The van der Waals surface area contributed by atoms with Gasteiger partial charge in [-0.3, -0.25) is 0 Å². The summed E-state index contributed by atoms with van der Waals surface area (Å²) in [5.41, 5.74) is 3.59. The molecule has 0 bridgehead atoms. The van der Waals surface area contributed by atoms with Crippen LogP contribution in [0, 0.1) is 11.6 Å². The number of nitrogens with zero attached hydrogens (tertiary/aromatic N) is 1. The summed E-state index contributed by atoms with van der Waals surface area (Å²) in [4.78, 5) is 7.92. The van der Waals surface area contributed by atoms with Gasteiger partial charge < -0.3 is 4.98 Å². The first-order valence-electron chi connectivity index (χ1n) is 6.62. The highest BCUT2D eigenvalue weighted by molar-refractivity contribution is 9.10. The standard InChI is InChI=1S/C16H19BrN2S/c1-10-6-5-7-11(8-10)9-12-18-14(16(2,3)4)13(17)15(20)19-12/h5-8H,9H2,1-4H3,(H,18,19,20). The molecule has 1 aromatic heterocycles. The van der Waals surface area contributed by atoms with Gasteiger partial charge in [0, 0.05) is 17.5 Å². The van der Waals surface area contributed by atoms with Crippen LogP contribution in [0.4, 0.5) is 0 Å². The van der Waals surface area contributed by atoms with Crippen molar-refractivity contribution in [3.63, 3.8) is 0 Å². The molecule has 0 aliphatic carbocycles. The molecule has 20 heavy (non-hydrogen) atoms. The molecule has 1 heterocycles. The van der Waals surface area contributed by atoms with Crippen LogP contribution in [0.3, 0.4) is 0 Å². The molecule has 0 amide bonds. The first-order valence-corrected chi connectivity index (χ1v) is 7.82. The highest BCUT2D eigenvalue weighted by Gasteiger charge is 2.20. The molecule has 0 unspecified atom stereocenters. The Morgan fingerprint density at radius 2 is 2.00 bits per heavy atom. The normalized spacial score (nSPS) is 11.7. The minimum atomic E-state index is -0.00329. The van der Waals surface area contributed by atoms with E-state index in [0.29, 0.717) is 4.64 Å². The van der Waals surface area contributed by atoms with Crippen LogP contribution >= 0.6 is 28.1 Å². The molecular formula is C16H19BrN2S. The van der Waals surface area contributed by atoms with Crippen molar-refractivity contribution in [1.29, 1.82) is 0 Å². The van der Waals surface area contributed by atoms with E-state index in [0.717, 1.165) is 22.4 Å². The lowest BCUT2D eigenvalue weighted by Crippen LogP contribution is -2.17. The van der Waals surface area contributed by atoms with E-state index in [4.69, 9.17) is 12.2 Å². The number of aromatic nitrogens is 2. The minimum Gasteiger partial charge on any atom is -0.345 e. The predicted molar refractivity (Wildman–Crippen MR) is 89.8 cm³/mol. The van der Waals surface area contributed by atoms with Crippen molar-refractivity contribution in [1.82, 2.24) is 9.97 Å². The fourth-order valence-electron chi connectivity index (χ4n) is 2.12. The second-order valence-corrected chi connectivity index (χ2v) is 7.27. The topological polar surface area (TPSA) is 28.7 Å². The first-order chi connectivity index (χ1) is 9.27. The summed E-state index contributed by atoms with van der Waals surface area (Å²) in [5, 5.41) is 0. The largest absolute Gasteiger partial charge is 0.345 e. The van der Waals surface area contributed by atoms with Crippen LogP contribution in [-0.4, -0.2) is 9.97 Å². The Balaban J connectivity index is 2.44. The number of hydrogen-bond donors (Lipinski definition) is 1. The number of nitrogens with one attached hydrogen (secondary N) is 1. The lowest BCUT2D eigenvalue weighted by molar-refractivity contribution is 0.558. The van der Waals surface area contributed by atoms with E-state index in [1.807, 2.05) is 0 Å². The summed E-state index contributed by atoms with van der Waals surface area (Å²) in [7, 11) is 0. The maximum absolute atomic E-state index is 5.36. The van der Waals surface area contributed by atoms with Crippen LogP contribution in [0.2, 0.25) is 0 Å². The van der Waals surface area contributed by atoms with E-state index in [9.17, 15) is 0 Å². The van der Waals surface area contributed by atoms with Crippen molar-refractivity contribution in [2.75, 3.05) is 0 Å². The molecule has 4 heteroatoms. The molecule has 1 N–H and O–H groups in total. The van der Waals surface area contributed by atoms with Crippen molar-refractivity contribution < 1.29 is 0 Å². The third-order valence-corrected chi connectivity index (χ3v) is 4.45. The Bertz CT molecular complexity index is 684. The summed E-state index contributed by atoms with van der Waals surface area (Å²) >= 11 is 8.91. The van der Waals surface area contributed by atoms with Crippen molar-refractivity contribution in [3.8, 4) is 0 Å². The van der Waals surface area contributed by atoms with Crippen LogP contribution in [0.15, 0.2) is 28.7 Å². The second-order valence-electron chi connectivity index (χ2n) is 6.09. The Morgan fingerprint density at radius 3 is 2.60 bits per heavy atom. The van der Waals surface area contributed by atoms with Gasteiger partial charge in [-0.1, -0.05) is 62.8 Å². The summed E-state index contributed by atoms with van der Waals surface area (Å²) in [6.07, 6.45) is 0.766. The van der Waals surface area contributed by atoms with E-state index in [-0.39, 0.29) is 5.41 Å². The molecule has 2 aromatic rings. The zero-order chi connectivity index (χ0) is 14.9. The molecule has 0 aliphatic rings. The average molecular weight is 351 g/mol. The van der Waals surface area contributed by atoms with Gasteiger partial charge >= 0.3 is 0 Å². The predicted octanol–water partition coefficient (Wildman–Crippen LogP) is 5.10. The van der Waals surface area contributed by atoms with Crippen LogP contribution in [0.1, 0.15) is 43.4 Å². The minimum absolute atomic E-state index is 0.00329. The van der Waals surface area contributed by atoms with E-state index in [2.05, 4.69) is 77.9 Å². The molecule has 2 nitrogen and oxygen atoms in total. The zero-order valence-electron chi connectivity index (χ0n) is 12.2. The van der Waals surface area contributed by atoms with E-state index < -0.39 is 0 Å². The average Bonchev–Trinajstić information content (AvgIpc) is 2.32. The van der Waals surface area contributed by atoms with Gasteiger partial charge in [0.2, 0.25) is 0 Å². The van der Waals surface area contributed by atoms with Crippen molar-refractivity contribution in [2.24, 2.45) is 0 Å². The molecular weight excluding hydrogens is 332 g/mol. The Morgan fingerprint density at radius 1 is 1.30 bits per heavy atom. The number of H-pyrrole nitrogens is 1. The van der Waals surface area contributed by atoms with Crippen molar-refractivity contribution in [3.05, 3.63) is 56.0 Å². The zero-order valence-corrected chi connectivity index (χ0v) is 14.7. The monoisotopic (exact) mass is 350 g/mol. The SMILES string of the molecule is Cc1cccc(Cc2nc(=S)c(Br)c(C(C)(C)C)[nH]2)c1. The maximum Gasteiger partial charge on any atom is 0.144 e. The van der Waals surface area contributed by atoms with Gasteiger partial charge in [0.25, 0.3) is 0 Å². The van der Waals surface area contributed by atoms with Gasteiger partial charge in [0.15, 0.2) is 0 Å². The third kappa shape index (κ3) is 3.55. The molecule has 106 valence electrons. The van der Waals surface area contributed by atoms with Crippen molar-refractivity contribution >= 4 is 28.1 Å². The fourth-order valence-corrected chi connectivity index (χ4v) is 3.12. The molecule has 2 rings (SSSR count). The summed E-state index contributed by atoms with van der Waals surface area (Å²) in [6.45, 7) is 8.58. The van der Waals surface area contributed by atoms with Gasteiger partial charge in [-0.25, -0.2) is 4.98 Å². The molecule has 0 saturated carbocycles. The number of aryl methyl sites for hydroxylation is 1.